The van der Waals surface area contributed by atoms with E-state index in [2.05, 4.69) is 5.32 Å². The number of aryl methyl sites for hydroxylation is 1. The quantitative estimate of drug-likeness (QED) is 0.782. The molecule has 1 heterocycles. The van der Waals surface area contributed by atoms with E-state index in [0.29, 0.717) is 12.8 Å². The first-order valence-corrected chi connectivity index (χ1v) is 9.51. The van der Waals surface area contributed by atoms with Gasteiger partial charge >= 0.3 is 12.1 Å². The Morgan fingerprint density at radius 3 is 2.41 bits per heavy atom. The lowest BCUT2D eigenvalue weighted by Crippen LogP contribution is -2.46. The van der Waals surface area contributed by atoms with Crippen molar-refractivity contribution < 1.29 is 24.2 Å². The van der Waals surface area contributed by atoms with E-state index in [9.17, 15) is 19.5 Å². The number of rotatable bonds is 6. The first kappa shape index (κ1) is 20.4. The van der Waals surface area contributed by atoms with Crippen LogP contribution in [0.15, 0.2) is 54.6 Å². The number of carbonyl (C=O) groups excluding carboxylic acids is 2. The molecule has 2 aromatic carbocycles. The van der Waals surface area contributed by atoms with Crippen molar-refractivity contribution in [2.45, 2.75) is 38.5 Å². The van der Waals surface area contributed by atoms with E-state index in [1.807, 2.05) is 61.5 Å². The van der Waals surface area contributed by atoms with Crippen molar-refractivity contribution in [1.82, 2.24) is 10.2 Å². The summed E-state index contributed by atoms with van der Waals surface area (Å²) in [5.74, 6) is -1.49. The number of ether oxygens (including phenoxy) is 1. The van der Waals surface area contributed by atoms with Crippen LogP contribution in [0.25, 0.3) is 0 Å². The molecular formula is C22H24N2O5. The van der Waals surface area contributed by atoms with Gasteiger partial charge in [-0.25, -0.2) is 9.59 Å². The third kappa shape index (κ3) is 5.13. The lowest BCUT2D eigenvalue weighted by atomic mass is 10.0. The standard InChI is InChI=1S/C22H24N2O5/c1-15-7-9-17(10-8-15)18-11-12-19(21(26)27)24(18)20(25)13-23-22(28)29-14-16-5-3-2-4-6-16/h2-10,18-19H,11-14H2,1H3,(H,23,28)(H,26,27)/t18?,19-/m0/s1. The zero-order chi connectivity index (χ0) is 20.8. The zero-order valence-electron chi connectivity index (χ0n) is 16.2. The lowest BCUT2D eigenvalue weighted by Gasteiger charge is -2.29. The number of alkyl carbamates (subject to hydrolysis) is 1. The smallest absolute Gasteiger partial charge is 0.407 e. The summed E-state index contributed by atoms with van der Waals surface area (Å²) in [7, 11) is 0. The fourth-order valence-corrected chi connectivity index (χ4v) is 3.53. The average Bonchev–Trinajstić information content (AvgIpc) is 3.17. The first-order chi connectivity index (χ1) is 14.0. The van der Waals surface area contributed by atoms with E-state index < -0.39 is 24.0 Å². The molecule has 2 atom stereocenters. The van der Waals surface area contributed by atoms with Crippen LogP contribution in [0.4, 0.5) is 4.79 Å². The summed E-state index contributed by atoms with van der Waals surface area (Å²) in [6.07, 6.45) is 0.211. The molecule has 0 spiro atoms. The lowest BCUT2D eigenvalue weighted by molar-refractivity contribution is -0.149. The van der Waals surface area contributed by atoms with Gasteiger partial charge in [0.2, 0.25) is 5.91 Å². The van der Waals surface area contributed by atoms with Gasteiger partial charge in [0.05, 0.1) is 6.04 Å². The van der Waals surface area contributed by atoms with Crippen molar-refractivity contribution in [1.29, 1.82) is 0 Å². The third-order valence-electron chi connectivity index (χ3n) is 5.02. The molecule has 1 aliphatic rings. The normalized spacial score (nSPS) is 18.3. The highest BCUT2D eigenvalue weighted by molar-refractivity contribution is 5.87. The highest BCUT2D eigenvalue weighted by Gasteiger charge is 2.41. The fraction of sp³-hybridized carbons (Fsp3) is 0.318. The maximum Gasteiger partial charge on any atom is 0.407 e. The van der Waals surface area contributed by atoms with E-state index in [1.54, 1.807) is 0 Å². The maximum atomic E-state index is 12.8. The maximum absolute atomic E-state index is 12.8. The SMILES string of the molecule is Cc1ccc(C2CC[C@@H](C(=O)O)N2C(=O)CNC(=O)OCc2ccccc2)cc1. The molecule has 1 aliphatic heterocycles. The van der Waals surface area contributed by atoms with Crippen LogP contribution >= 0.6 is 0 Å². The minimum atomic E-state index is -1.04. The number of benzene rings is 2. The number of carboxylic acids is 1. The summed E-state index contributed by atoms with van der Waals surface area (Å²) >= 11 is 0. The largest absolute Gasteiger partial charge is 0.480 e. The molecule has 7 nitrogen and oxygen atoms in total. The van der Waals surface area contributed by atoms with Gasteiger partial charge in [-0.2, -0.15) is 0 Å². The molecule has 0 bridgehead atoms. The second kappa shape index (κ2) is 9.23. The van der Waals surface area contributed by atoms with Crippen LogP contribution in [0.5, 0.6) is 0 Å². The Morgan fingerprint density at radius 2 is 1.76 bits per heavy atom. The van der Waals surface area contributed by atoms with Crippen molar-refractivity contribution in [2.24, 2.45) is 0 Å². The van der Waals surface area contributed by atoms with E-state index in [-0.39, 0.29) is 19.2 Å². The molecule has 0 radical (unpaired) electrons. The Kier molecular flexibility index (Phi) is 6.49. The average molecular weight is 396 g/mol. The Balaban J connectivity index is 1.61. The Morgan fingerprint density at radius 1 is 1.07 bits per heavy atom. The van der Waals surface area contributed by atoms with Crippen LogP contribution in [-0.2, 0) is 20.9 Å². The van der Waals surface area contributed by atoms with Crippen LogP contribution in [0.1, 0.15) is 35.6 Å². The van der Waals surface area contributed by atoms with Crippen LogP contribution in [0, 0.1) is 6.92 Å². The molecule has 152 valence electrons. The van der Waals surface area contributed by atoms with Gasteiger partial charge in [0.25, 0.3) is 0 Å². The van der Waals surface area contributed by atoms with E-state index in [4.69, 9.17) is 4.74 Å². The molecule has 3 rings (SSSR count). The number of amides is 2. The van der Waals surface area contributed by atoms with Crippen molar-refractivity contribution in [3.63, 3.8) is 0 Å². The van der Waals surface area contributed by atoms with Crippen LogP contribution in [-0.4, -0.2) is 40.6 Å². The summed E-state index contributed by atoms with van der Waals surface area (Å²) in [5, 5.41) is 11.9. The van der Waals surface area contributed by atoms with Crippen molar-refractivity contribution in [2.75, 3.05) is 6.54 Å². The molecule has 2 aromatic rings. The molecule has 0 aliphatic carbocycles. The van der Waals surface area contributed by atoms with Crippen LogP contribution in [0.2, 0.25) is 0 Å². The topological polar surface area (TPSA) is 95.9 Å². The zero-order valence-corrected chi connectivity index (χ0v) is 16.2. The fourth-order valence-electron chi connectivity index (χ4n) is 3.53. The number of hydrogen-bond acceptors (Lipinski definition) is 4. The predicted octanol–water partition coefficient (Wildman–Crippen LogP) is 3.04. The number of likely N-dealkylation sites (tertiary alicyclic amines) is 1. The number of aliphatic carboxylic acids is 1. The summed E-state index contributed by atoms with van der Waals surface area (Å²) in [5.41, 5.74) is 2.81. The number of nitrogens with one attached hydrogen (secondary N) is 1. The van der Waals surface area contributed by atoms with Crippen molar-refractivity contribution in [3.8, 4) is 0 Å². The van der Waals surface area contributed by atoms with Gasteiger partial charge in [-0.3, -0.25) is 4.79 Å². The summed E-state index contributed by atoms with van der Waals surface area (Å²) < 4.78 is 5.10. The van der Waals surface area contributed by atoms with E-state index >= 15 is 0 Å². The number of carboxylic acid groups (broad SMARTS) is 1. The molecule has 0 aromatic heterocycles. The predicted molar refractivity (Wildman–Crippen MR) is 106 cm³/mol. The number of nitrogens with zero attached hydrogens (tertiary/aromatic N) is 1. The monoisotopic (exact) mass is 396 g/mol. The van der Waals surface area contributed by atoms with E-state index in [1.165, 1.54) is 4.90 Å². The summed E-state index contributed by atoms with van der Waals surface area (Å²) in [4.78, 5) is 37.7. The van der Waals surface area contributed by atoms with Gasteiger partial charge in [0.1, 0.15) is 19.2 Å². The highest BCUT2D eigenvalue weighted by atomic mass is 16.5. The highest BCUT2D eigenvalue weighted by Crippen LogP contribution is 2.36. The summed E-state index contributed by atoms with van der Waals surface area (Å²) in [6, 6.07) is 15.6. The first-order valence-electron chi connectivity index (χ1n) is 9.51. The molecule has 2 amide bonds. The van der Waals surface area contributed by atoms with Gasteiger partial charge in [-0.05, 0) is 30.9 Å². The molecular weight excluding hydrogens is 372 g/mol. The Bertz CT molecular complexity index is 867. The Hall–Kier alpha value is -3.35. The molecule has 7 heteroatoms. The molecule has 2 N–H and O–H groups in total. The molecule has 0 saturated carbocycles. The van der Waals surface area contributed by atoms with Gasteiger partial charge < -0.3 is 20.1 Å². The van der Waals surface area contributed by atoms with Gasteiger partial charge in [0, 0.05) is 0 Å². The Labute approximate surface area is 169 Å². The van der Waals surface area contributed by atoms with Gasteiger partial charge in [0.15, 0.2) is 0 Å². The third-order valence-corrected chi connectivity index (χ3v) is 5.02. The minimum Gasteiger partial charge on any atom is -0.480 e. The van der Waals surface area contributed by atoms with Crippen LogP contribution < -0.4 is 5.32 Å². The molecule has 1 unspecified atom stereocenters. The summed E-state index contributed by atoms with van der Waals surface area (Å²) in [6.45, 7) is 1.74. The minimum absolute atomic E-state index is 0.0916. The molecule has 1 fully saturated rings. The van der Waals surface area contributed by atoms with Crippen LogP contribution in [0.3, 0.4) is 0 Å². The van der Waals surface area contributed by atoms with Crippen molar-refractivity contribution >= 4 is 18.0 Å². The second-order valence-corrected chi connectivity index (χ2v) is 7.07. The molecule has 29 heavy (non-hydrogen) atoms. The number of hydrogen-bond donors (Lipinski definition) is 2. The van der Waals surface area contributed by atoms with Gasteiger partial charge in [-0.15, -0.1) is 0 Å². The van der Waals surface area contributed by atoms with Gasteiger partial charge in [-0.1, -0.05) is 60.2 Å². The van der Waals surface area contributed by atoms with E-state index in [0.717, 1.165) is 16.7 Å². The second-order valence-electron chi connectivity index (χ2n) is 7.07. The molecule has 1 saturated heterocycles. The van der Waals surface area contributed by atoms with Crippen molar-refractivity contribution in [3.05, 3.63) is 71.3 Å². The number of carbonyl (C=O) groups is 3.